The second-order valence-corrected chi connectivity index (χ2v) is 6.01. The van der Waals surface area contributed by atoms with E-state index in [1.807, 2.05) is 43.1 Å². The van der Waals surface area contributed by atoms with Crippen molar-refractivity contribution in [1.82, 2.24) is 25.2 Å². The van der Waals surface area contributed by atoms with Gasteiger partial charge in [0.1, 0.15) is 5.75 Å². The molecule has 1 aliphatic heterocycles. The van der Waals surface area contributed by atoms with Crippen molar-refractivity contribution in [2.75, 3.05) is 27.2 Å². The van der Waals surface area contributed by atoms with Gasteiger partial charge in [-0.25, -0.2) is 4.68 Å². The molecule has 128 valence electrons. The lowest BCUT2D eigenvalue weighted by Gasteiger charge is -2.32. The summed E-state index contributed by atoms with van der Waals surface area (Å²) in [6, 6.07) is 7.86. The topological polar surface area (TPSA) is 72.3 Å². The van der Waals surface area contributed by atoms with Gasteiger partial charge < -0.3 is 15.0 Å². The molecule has 1 fully saturated rings. The molecule has 1 aliphatic rings. The molecule has 0 aliphatic carbocycles. The van der Waals surface area contributed by atoms with Crippen LogP contribution in [0.2, 0.25) is 0 Å². The molecule has 0 radical (unpaired) electrons. The van der Waals surface area contributed by atoms with Crippen molar-refractivity contribution in [3.8, 4) is 11.4 Å². The van der Waals surface area contributed by atoms with Gasteiger partial charge in [-0.2, -0.15) is 0 Å². The standard InChI is InChI=1S/C17H23N5O2/c1-12-16(17(23)21-10-4-5-13(11-21)18-2)19-20-22(12)14-6-8-15(24-3)9-7-14/h6-9,13,18H,4-5,10-11H2,1-3H3. The van der Waals surface area contributed by atoms with Crippen molar-refractivity contribution in [2.45, 2.75) is 25.8 Å². The van der Waals surface area contributed by atoms with Crippen LogP contribution in [0.1, 0.15) is 29.0 Å². The smallest absolute Gasteiger partial charge is 0.276 e. The minimum absolute atomic E-state index is 0.0489. The molecule has 0 bridgehead atoms. The van der Waals surface area contributed by atoms with Crippen molar-refractivity contribution >= 4 is 5.91 Å². The van der Waals surface area contributed by atoms with Gasteiger partial charge in [0.2, 0.25) is 0 Å². The molecule has 1 N–H and O–H groups in total. The van der Waals surface area contributed by atoms with Gasteiger partial charge >= 0.3 is 0 Å². The Morgan fingerprint density at radius 3 is 2.75 bits per heavy atom. The Kier molecular flexibility index (Phi) is 4.80. The molecular weight excluding hydrogens is 306 g/mol. The van der Waals surface area contributed by atoms with Crippen LogP contribution in [0, 0.1) is 6.92 Å². The molecule has 2 aromatic rings. The van der Waals surface area contributed by atoms with Crippen molar-refractivity contribution in [2.24, 2.45) is 0 Å². The number of likely N-dealkylation sites (tertiary alicyclic amines) is 1. The highest BCUT2D eigenvalue weighted by Crippen LogP contribution is 2.19. The summed E-state index contributed by atoms with van der Waals surface area (Å²) >= 11 is 0. The Balaban J connectivity index is 1.82. The Bertz CT molecular complexity index is 710. The van der Waals surface area contributed by atoms with Gasteiger partial charge in [-0.3, -0.25) is 4.79 Å². The number of aromatic nitrogens is 3. The van der Waals surface area contributed by atoms with Crippen LogP contribution in [0.4, 0.5) is 0 Å². The molecule has 1 unspecified atom stereocenters. The summed E-state index contributed by atoms with van der Waals surface area (Å²) in [5.41, 5.74) is 2.02. The average molecular weight is 329 g/mol. The van der Waals surface area contributed by atoms with Crippen molar-refractivity contribution in [1.29, 1.82) is 0 Å². The fraction of sp³-hybridized carbons (Fsp3) is 0.471. The molecule has 24 heavy (non-hydrogen) atoms. The molecule has 1 atom stereocenters. The first-order valence-electron chi connectivity index (χ1n) is 8.17. The lowest BCUT2D eigenvalue weighted by molar-refractivity contribution is 0.0691. The summed E-state index contributed by atoms with van der Waals surface area (Å²) in [7, 11) is 3.56. The van der Waals surface area contributed by atoms with Crippen LogP contribution in [0.15, 0.2) is 24.3 Å². The van der Waals surface area contributed by atoms with Crippen molar-refractivity contribution < 1.29 is 9.53 Å². The Hall–Kier alpha value is -2.41. The van der Waals surface area contributed by atoms with E-state index in [9.17, 15) is 4.79 Å². The van der Waals surface area contributed by atoms with E-state index in [4.69, 9.17) is 4.74 Å². The summed E-state index contributed by atoms with van der Waals surface area (Å²) in [5, 5.41) is 11.5. The maximum absolute atomic E-state index is 12.8. The number of amides is 1. The molecule has 7 nitrogen and oxygen atoms in total. The second-order valence-electron chi connectivity index (χ2n) is 6.01. The summed E-state index contributed by atoms with van der Waals surface area (Å²) in [5.74, 6) is 0.728. The highest BCUT2D eigenvalue weighted by Gasteiger charge is 2.27. The van der Waals surface area contributed by atoms with Crippen LogP contribution in [0.25, 0.3) is 5.69 Å². The van der Waals surface area contributed by atoms with Crippen molar-refractivity contribution in [3.05, 3.63) is 35.7 Å². The number of carbonyl (C=O) groups excluding carboxylic acids is 1. The maximum atomic E-state index is 12.8. The van der Waals surface area contributed by atoms with E-state index in [1.54, 1.807) is 11.8 Å². The quantitative estimate of drug-likeness (QED) is 0.918. The molecule has 1 saturated heterocycles. The molecular formula is C17H23N5O2. The third-order valence-corrected chi connectivity index (χ3v) is 4.53. The van der Waals surface area contributed by atoms with Crippen LogP contribution in [0.3, 0.4) is 0 Å². The van der Waals surface area contributed by atoms with Gasteiger partial charge in [-0.15, -0.1) is 5.10 Å². The van der Waals surface area contributed by atoms with E-state index in [0.29, 0.717) is 18.3 Å². The number of hydrogen-bond donors (Lipinski definition) is 1. The van der Waals surface area contributed by atoms with E-state index >= 15 is 0 Å². The third-order valence-electron chi connectivity index (χ3n) is 4.53. The van der Waals surface area contributed by atoms with E-state index in [-0.39, 0.29) is 5.91 Å². The first-order valence-corrected chi connectivity index (χ1v) is 8.17. The predicted octanol–water partition coefficient (Wildman–Crippen LogP) is 1.41. The number of nitrogens with one attached hydrogen (secondary N) is 1. The highest BCUT2D eigenvalue weighted by atomic mass is 16.5. The lowest BCUT2D eigenvalue weighted by Crippen LogP contribution is -2.47. The summed E-state index contributed by atoms with van der Waals surface area (Å²) in [4.78, 5) is 14.7. The number of hydrogen-bond acceptors (Lipinski definition) is 5. The number of piperidine rings is 1. The Labute approximate surface area is 141 Å². The number of carbonyl (C=O) groups is 1. The number of ether oxygens (including phenoxy) is 1. The number of nitrogens with zero attached hydrogens (tertiary/aromatic N) is 4. The Morgan fingerprint density at radius 2 is 2.08 bits per heavy atom. The van der Waals surface area contributed by atoms with Crippen LogP contribution >= 0.6 is 0 Å². The largest absolute Gasteiger partial charge is 0.497 e. The maximum Gasteiger partial charge on any atom is 0.276 e. The molecule has 3 rings (SSSR count). The number of benzene rings is 1. The molecule has 1 amide bonds. The molecule has 1 aromatic carbocycles. The zero-order valence-electron chi connectivity index (χ0n) is 14.3. The molecule has 2 heterocycles. The van der Waals surface area contributed by atoms with E-state index < -0.39 is 0 Å². The zero-order chi connectivity index (χ0) is 17.1. The lowest BCUT2D eigenvalue weighted by atomic mass is 10.1. The minimum atomic E-state index is -0.0489. The number of likely N-dealkylation sites (N-methyl/N-ethyl adjacent to an activating group) is 1. The van der Waals surface area contributed by atoms with Crippen LogP contribution in [-0.4, -0.2) is 59.1 Å². The third kappa shape index (κ3) is 3.12. The second kappa shape index (κ2) is 7.00. The summed E-state index contributed by atoms with van der Waals surface area (Å²) in [6.07, 6.45) is 2.10. The van der Waals surface area contributed by atoms with Crippen LogP contribution in [0.5, 0.6) is 5.75 Å². The normalized spacial score (nSPS) is 17.8. The van der Waals surface area contributed by atoms with Gasteiger partial charge in [0.15, 0.2) is 5.69 Å². The average Bonchev–Trinajstić information content (AvgIpc) is 3.02. The summed E-state index contributed by atoms with van der Waals surface area (Å²) in [6.45, 7) is 3.35. The van der Waals surface area contributed by atoms with Crippen LogP contribution < -0.4 is 10.1 Å². The van der Waals surface area contributed by atoms with Gasteiger partial charge in [0.25, 0.3) is 5.91 Å². The minimum Gasteiger partial charge on any atom is -0.497 e. The van der Waals surface area contributed by atoms with Crippen molar-refractivity contribution in [3.63, 3.8) is 0 Å². The molecule has 0 spiro atoms. The first kappa shape index (κ1) is 16.4. The molecule has 0 saturated carbocycles. The fourth-order valence-corrected chi connectivity index (χ4v) is 3.04. The highest BCUT2D eigenvalue weighted by molar-refractivity contribution is 5.93. The number of methoxy groups -OCH3 is 1. The van der Waals surface area contributed by atoms with Gasteiger partial charge in [-0.05, 0) is 51.1 Å². The number of rotatable bonds is 4. The fourth-order valence-electron chi connectivity index (χ4n) is 3.04. The SMILES string of the molecule is CNC1CCCN(C(=O)c2nnn(-c3ccc(OC)cc3)c2C)C1. The predicted molar refractivity (Wildman–Crippen MR) is 90.6 cm³/mol. The first-order chi connectivity index (χ1) is 11.6. The zero-order valence-corrected chi connectivity index (χ0v) is 14.3. The van der Waals surface area contributed by atoms with E-state index in [1.165, 1.54) is 0 Å². The van der Waals surface area contributed by atoms with E-state index in [2.05, 4.69) is 15.6 Å². The monoisotopic (exact) mass is 329 g/mol. The summed E-state index contributed by atoms with van der Waals surface area (Å²) < 4.78 is 6.85. The van der Waals surface area contributed by atoms with Gasteiger partial charge in [0, 0.05) is 19.1 Å². The van der Waals surface area contributed by atoms with Crippen LogP contribution in [-0.2, 0) is 0 Å². The van der Waals surface area contributed by atoms with Gasteiger partial charge in [-0.1, -0.05) is 5.21 Å². The van der Waals surface area contributed by atoms with E-state index in [0.717, 1.165) is 36.5 Å². The molecule has 1 aromatic heterocycles. The Morgan fingerprint density at radius 1 is 1.33 bits per heavy atom. The molecule has 7 heteroatoms. The van der Waals surface area contributed by atoms with Gasteiger partial charge in [0.05, 0.1) is 18.5 Å².